The van der Waals surface area contributed by atoms with Crippen molar-refractivity contribution in [2.24, 2.45) is 0 Å². The van der Waals surface area contributed by atoms with Gasteiger partial charge in [-0.3, -0.25) is 4.79 Å². The van der Waals surface area contributed by atoms with Gasteiger partial charge in [0.1, 0.15) is 5.82 Å². The normalized spacial score (nSPS) is 14.4. The second kappa shape index (κ2) is 7.57. The molecule has 0 N–H and O–H groups in total. The van der Waals surface area contributed by atoms with Gasteiger partial charge in [-0.2, -0.15) is 0 Å². The fourth-order valence-electron chi connectivity index (χ4n) is 3.18. The van der Waals surface area contributed by atoms with Crippen LogP contribution in [0.5, 0.6) is 0 Å². The molecule has 2 aromatic carbocycles. The van der Waals surface area contributed by atoms with Gasteiger partial charge >= 0.3 is 11.8 Å². The Balaban J connectivity index is 1.38. The van der Waals surface area contributed by atoms with Crippen LogP contribution in [0, 0.1) is 5.82 Å². The van der Waals surface area contributed by atoms with Gasteiger partial charge in [-0.15, -0.1) is 10.2 Å². The molecular weight excluding hydrogens is 347 g/mol. The maximum atomic E-state index is 13.9. The lowest BCUT2D eigenvalue weighted by molar-refractivity contribution is 0.0704. The third kappa shape index (κ3) is 3.81. The second-order valence-electron chi connectivity index (χ2n) is 6.39. The maximum absolute atomic E-state index is 13.9. The minimum Gasteiger partial charge on any atom is -0.417 e. The average Bonchev–Trinajstić information content (AvgIpc) is 3.17. The van der Waals surface area contributed by atoms with Gasteiger partial charge in [0.25, 0.3) is 0 Å². The number of anilines is 1. The number of carbonyl (C=O) groups excluding carboxylic acids is 1. The van der Waals surface area contributed by atoms with Crippen molar-refractivity contribution in [3.63, 3.8) is 0 Å². The standard InChI is InChI=1S/C20H19FN4O2/c21-16-8-4-5-9-17(16)24-10-12-25(13-11-24)20(26)19-23-22-18(27-19)14-15-6-2-1-3-7-15/h1-9H,10-14H2. The summed E-state index contributed by atoms with van der Waals surface area (Å²) in [7, 11) is 0. The van der Waals surface area contributed by atoms with Crippen molar-refractivity contribution in [1.82, 2.24) is 15.1 Å². The van der Waals surface area contributed by atoms with Gasteiger partial charge in [0.05, 0.1) is 12.1 Å². The Morgan fingerprint density at radius 1 is 0.963 bits per heavy atom. The van der Waals surface area contributed by atoms with Crippen molar-refractivity contribution in [1.29, 1.82) is 0 Å². The zero-order chi connectivity index (χ0) is 18.6. The minimum atomic E-state index is -0.282. The SMILES string of the molecule is O=C(c1nnc(Cc2ccccc2)o1)N1CCN(c2ccccc2F)CC1. The monoisotopic (exact) mass is 366 g/mol. The van der Waals surface area contributed by atoms with Crippen LogP contribution in [0.3, 0.4) is 0 Å². The fourth-order valence-corrected chi connectivity index (χ4v) is 3.18. The summed E-state index contributed by atoms with van der Waals surface area (Å²) in [5.41, 5.74) is 1.60. The predicted octanol–water partition coefficient (Wildman–Crippen LogP) is 2.76. The molecule has 1 aliphatic rings. The van der Waals surface area contributed by atoms with E-state index in [1.165, 1.54) is 6.07 Å². The Kier molecular flexibility index (Phi) is 4.82. The summed E-state index contributed by atoms with van der Waals surface area (Å²) in [5.74, 6) is -0.121. The van der Waals surface area contributed by atoms with Crippen LogP contribution in [-0.4, -0.2) is 47.2 Å². The number of piperazine rings is 1. The average molecular weight is 366 g/mol. The summed E-state index contributed by atoms with van der Waals surface area (Å²) in [6, 6.07) is 16.4. The molecule has 1 saturated heterocycles. The quantitative estimate of drug-likeness (QED) is 0.711. The van der Waals surface area contributed by atoms with Crippen LogP contribution in [-0.2, 0) is 6.42 Å². The zero-order valence-electron chi connectivity index (χ0n) is 14.7. The first kappa shape index (κ1) is 17.2. The molecule has 1 aromatic heterocycles. The van der Waals surface area contributed by atoms with Gasteiger partial charge in [0.2, 0.25) is 5.89 Å². The fraction of sp³-hybridized carbons (Fsp3) is 0.250. The number of halogens is 1. The van der Waals surface area contributed by atoms with E-state index in [2.05, 4.69) is 10.2 Å². The molecule has 2 heterocycles. The number of benzene rings is 2. The molecule has 0 aliphatic carbocycles. The van der Waals surface area contributed by atoms with Gasteiger partial charge in [-0.05, 0) is 17.7 Å². The summed E-state index contributed by atoms with van der Waals surface area (Å²) in [6.07, 6.45) is 0.488. The van der Waals surface area contributed by atoms with Crippen molar-refractivity contribution >= 4 is 11.6 Å². The van der Waals surface area contributed by atoms with E-state index >= 15 is 0 Å². The molecule has 1 amide bonds. The number of nitrogens with zero attached hydrogens (tertiary/aromatic N) is 4. The first-order valence-corrected chi connectivity index (χ1v) is 8.86. The molecule has 27 heavy (non-hydrogen) atoms. The molecule has 138 valence electrons. The van der Waals surface area contributed by atoms with Gasteiger partial charge in [-0.1, -0.05) is 42.5 Å². The highest BCUT2D eigenvalue weighted by Gasteiger charge is 2.27. The zero-order valence-corrected chi connectivity index (χ0v) is 14.7. The lowest BCUT2D eigenvalue weighted by Gasteiger charge is -2.35. The first-order valence-electron chi connectivity index (χ1n) is 8.86. The number of hydrogen-bond donors (Lipinski definition) is 0. The highest BCUT2D eigenvalue weighted by Crippen LogP contribution is 2.20. The first-order chi connectivity index (χ1) is 13.2. The number of amides is 1. The molecular formula is C20H19FN4O2. The summed E-state index contributed by atoms with van der Waals surface area (Å²) in [5, 5.41) is 7.87. The Labute approximate surface area is 156 Å². The number of rotatable bonds is 4. The molecule has 0 saturated carbocycles. The van der Waals surface area contributed by atoms with Crippen LogP contribution in [0.25, 0.3) is 0 Å². The summed E-state index contributed by atoms with van der Waals surface area (Å²) in [6.45, 7) is 2.06. The van der Waals surface area contributed by atoms with Crippen LogP contribution in [0.2, 0.25) is 0 Å². The molecule has 3 aromatic rings. The molecule has 0 radical (unpaired) electrons. The van der Waals surface area contributed by atoms with Crippen LogP contribution >= 0.6 is 0 Å². The van der Waals surface area contributed by atoms with Crippen LogP contribution in [0.15, 0.2) is 59.0 Å². The molecule has 0 atom stereocenters. The number of carbonyl (C=O) groups is 1. The van der Waals surface area contributed by atoms with E-state index in [4.69, 9.17) is 4.42 Å². The van der Waals surface area contributed by atoms with Gasteiger partial charge in [0, 0.05) is 26.2 Å². The van der Waals surface area contributed by atoms with E-state index in [9.17, 15) is 9.18 Å². The van der Waals surface area contributed by atoms with Gasteiger partial charge < -0.3 is 14.2 Å². The highest BCUT2D eigenvalue weighted by molar-refractivity contribution is 5.89. The molecule has 0 unspecified atom stereocenters. The lowest BCUT2D eigenvalue weighted by atomic mass is 10.2. The molecule has 1 aliphatic heterocycles. The molecule has 6 nitrogen and oxygen atoms in total. The van der Waals surface area contributed by atoms with Crippen molar-refractivity contribution < 1.29 is 13.6 Å². The predicted molar refractivity (Wildman–Crippen MR) is 98.1 cm³/mol. The minimum absolute atomic E-state index is 0.000253. The van der Waals surface area contributed by atoms with E-state index in [-0.39, 0.29) is 17.6 Å². The smallest absolute Gasteiger partial charge is 0.311 e. The Hall–Kier alpha value is -3.22. The Bertz CT molecular complexity index is 920. The van der Waals surface area contributed by atoms with Crippen LogP contribution in [0.4, 0.5) is 10.1 Å². The Morgan fingerprint density at radius 2 is 1.67 bits per heavy atom. The number of para-hydroxylation sites is 1. The van der Waals surface area contributed by atoms with Gasteiger partial charge in [0.15, 0.2) is 0 Å². The molecule has 1 fully saturated rings. The van der Waals surface area contributed by atoms with Crippen molar-refractivity contribution in [3.8, 4) is 0 Å². The largest absolute Gasteiger partial charge is 0.417 e. The van der Waals surface area contributed by atoms with Crippen molar-refractivity contribution in [3.05, 3.63) is 77.8 Å². The molecule has 7 heteroatoms. The number of aromatic nitrogens is 2. The Morgan fingerprint density at radius 3 is 2.41 bits per heavy atom. The van der Waals surface area contributed by atoms with E-state index in [1.54, 1.807) is 17.0 Å². The number of hydrogen-bond acceptors (Lipinski definition) is 5. The molecule has 0 spiro atoms. The van der Waals surface area contributed by atoms with Gasteiger partial charge in [-0.25, -0.2) is 4.39 Å². The van der Waals surface area contributed by atoms with Crippen molar-refractivity contribution in [2.45, 2.75) is 6.42 Å². The third-order valence-electron chi connectivity index (χ3n) is 4.61. The summed E-state index contributed by atoms with van der Waals surface area (Å²) < 4.78 is 19.5. The van der Waals surface area contributed by atoms with E-state index in [1.807, 2.05) is 41.3 Å². The van der Waals surface area contributed by atoms with Crippen LogP contribution < -0.4 is 4.90 Å². The van der Waals surface area contributed by atoms with Crippen LogP contribution in [0.1, 0.15) is 22.1 Å². The third-order valence-corrected chi connectivity index (χ3v) is 4.61. The van der Waals surface area contributed by atoms with E-state index in [0.29, 0.717) is 44.2 Å². The second-order valence-corrected chi connectivity index (χ2v) is 6.39. The molecule has 0 bridgehead atoms. The maximum Gasteiger partial charge on any atom is 0.311 e. The highest BCUT2D eigenvalue weighted by atomic mass is 19.1. The van der Waals surface area contributed by atoms with E-state index in [0.717, 1.165) is 5.56 Å². The topological polar surface area (TPSA) is 62.5 Å². The summed E-state index contributed by atoms with van der Waals surface area (Å²) >= 11 is 0. The summed E-state index contributed by atoms with van der Waals surface area (Å²) in [4.78, 5) is 16.2. The van der Waals surface area contributed by atoms with E-state index < -0.39 is 0 Å². The molecule has 4 rings (SSSR count). The lowest BCUT2D eigenvalue weighted by Crippen LogP contribution is -2.49. The van der Waals surface area contributed by atoms with Crippen molar-refractivity contribution in [2.75, 3.05) is 31.1 Å².